The lowest BCUT2D eigenvalue weighted by molar-refractivity contribution is -0.140. The number of carbonyl (C=O) groups is 3. The highest BCUT2D eigenvalue weighted by molar-refractivity contribution is 7.14. The van der Waals surface area contributed by atoms with Gasteiger partial charge in [0.2, 0.25) is 11.8 Å². The van der Waals surface area contributed by atoms with Crippen LogP contribution in [0.3, 0.4) is 0 Å². The molecule has 8 nitrogen and oxygen atoms in total. The summed E-state index contributed by atoms with van der Waals surface area (Å²) in [6.07, 6.45) is 3.24. The van der Waals surface area contributed by atoms with E-state index in [2.05, 4.69) is 4.98 Å². The number of nitrogens with zero attached hydrogens (tertiary/aromatic N) is 4. The molecule has 1 aliphatic heterocycles. The molecule has 9 heteroatoms. The fourth-order valence-electron chi connectivity index (χ4n) is 4.82. The second kappa shape index (κ2) is 11.6. The van der Waals surface area contributed by atoms with Crippen molar-refractivity contribution < 1.29 is 19.5 Å². The summed E-state index contributed by atoms with van der Waals surface area (Å²) in [5.41, 5.74) is 4.33. The molecule has 1 fully saturated rings. The fourth-order valence-corrected chi connectivity index (χ4v) is 5.62. The first kappa shape index (κ1) is 26.2. The fraction of sp³-hybridized carbons (Fsp3) is 0.233. The number of amides is 2. The van der Waals surface area contributed by atoms with Gasteiger partial charge in [-0.2, -0.15) is 0 Å². The average Bonchev–Trinajstić information content (AvgIpc) is 3.62. The van der Waals surface area contributed by atoms with Crippen molar-refractivity contribution in [2.24, 2.45) is 5.92 Å². The van der Waals surface area contributed by atoms with Gasteiger partial charge in [-0.05, 0) is 36.1 Å². The third-order valence-corrected chi connectivity index (χ3v) is 7.73. The molecular formula is C30H28N4O4S. The lowest BCUT2D eigenvalue weighted by atomic mass is 9.95. The van der Waals surface area contributed by atoms with Crippen LogP contribution in [0.25, 0.3) is 22.4 Å². The van der Waals surface area contributed by atoms with Gasteiger partial charge in [-0.15, -0.1) is 11.3 Å². The lowest BCUT2D eigenvalue weighted by Crippen LogP contribution is -2.35. The van der Waals surface area contributed by atoms with Crippen LogP contribution in [0.5, 0.6) is 0 Å². The number of aliphatic carboxylic acids is 1. The molecule has 0 bridgehead atoms. The van der Waals surface area contributed by atoms with Crippen molar-refractivity contribution >= 4 is 40.1 Å². The molecule has 0 unspecified atom stereocenters. The largest absolute Gasteiger partial charge is 0.481 e. The molecule has 198 valence electrons. The SMILES string of the molecule is CN(C(=O)[C@@H](CC(=O)O)Cc1ccccc1)c1nc(-c2ccccc2-c2ccc(N3CCCC3=O)nc2)cs1. The van der Waals surface area contributed by atoms with E-state index in [1.54, 1.807) is 18.1 Å². The van der Waals surface area contributed by atoms with Gasteiger partial charge >= 0.3 is 5.97 Å². The van der Waals surface area contributed by atoms with Crippen molar-refractivity contribution in [1.29, 1.82) is 0 Å². The average molecular weight is 541 g/mol. The molecule has 5 rings (SSSR count). The molecule has 2 aromatic carbocycles. The minimum Gasteiger partial charge on any atom is -0.481 e. The van der Waals surface area contributed by atoms with Crippen LogP contribution >= 0.6 is 11.3 Å². The van der Waals surface area contributed by atoms with Crippen LogP contribution in [0, 0.1) is 5.92 Å². The van der Waals surface area contributed by atoms with E-state index in [1.165, 1.54) is 16.2 Å². The number of carboxylic acid groups (broad SMARTS) is 1. The number of aromatic nitrogens is 2. The number of benzene rings is 2. The Hall–Kier alpha value is -4.37. The van der Waals surface area contributed by atoms with Crippen molar-refractivity contribution in [2.45, 2.75) is 25.7 Å². The first-order valence-electron chi connectivity index (χ1n) is 12.8. The normalized spacial score (nSPS) is 13.9. The van der Waals surface area contributed by atoms with Crippen LogP contribution in [0.2, 0.25) is 0 Å². The van der Waals surface area contributed by atoms with Crippen molar-refractivity contribution in [2.75, 3.05) is 23.4 Å². The van der Waals surface area contributed by atoms with Gasteiger partial charge in [0.05, 0.1) is 18.0 Å². The van der Waals surface area contributed by atoms with Gasteiger partial charge < -0.3 is 5.11 Å². The van der Waals surface area contributed by atoms with Gasteiger partial charge in [0.15, 0.2) is 5.13 Å². The van der Waals surface area contributed by atoms with Gasteiger partial charge in [-0.25, -0.2) is 9.97 Å². The highest BCUT2D eigenvalue weighted by Crippen LogP contribution is 2.35. The molecule has 1 N–H and O–H groups in total. The maximum Gasteiger partial charge on any atom is 0.304 e. The highest BCUT2D eigenvalue weighted by atomic mass is 32.1. The molecule has 1 aliphatic rings. The summed E-state index contributed by atoms with van der Waals surface area (Å²) in [5.74, 6) is -1.26. The molecular weight excluding hydrogens is 512 g/mol. The van der Waals surface area contributed by atoms with Crippen molar-refractivity contribution in [3.05, 3.63) is 83.9 Å². The molecule has 2 aromatic heterocycles. The summed E-state index contributed by atoms with van der Waals surface area (Å²) >= 11 is 1.33. The number of carbonyl (C=O) groups excluding carboxylic acids is 2. The Labute approximate surface area is 230 Å². The minimum atomic E-state index is -1.01. The Kier molecular flexibility index (Phi) is 7.79. The van der Waals surface area contributed by atoms with Crippen LogP contribution in [-0.4, -0.2) is 46.5 Å². The predicted octanol–water partition coefficient (Wildman–Crippen LogP) is 5.30. The van der Waals surface area contributed by atoms with E-state index in [-0.39, 0.29) is 18.2 Å². The number of pyridine rings is 1. The molecule has 4 aromatic rings. The van der Waals surface area contributed by atoms with E-state index in [1.807, 2.05) is 72.1 Å². The van der Waals surface area contributed by atoms with Gasteiger partial charge in [0.25, 0.3) is 0 Å². The van der Waals surface area contributed by atoms with E-state index in [4.69, 9.17) is 4.98 Å². The summed E-state index contributed by atoms with van der Waals surface area (Å²) in [7, 11) is 1.64. The van der Waals surface area contributed by atoms with Gasteiger partial charge in [-0.1, -0.05) is 54.6 Å². The molecule has 0 aliphatic carbocycles. The predicted molar refractivity (Wildman–Crippen MR) is 152 cm³/mol. The third-order valence-electron chi connectivity index (χ3n) is 6.82. The van der Waals surface area contributed by atoms with Crippen molar-refractivity contribution in [3.8, 4) is 22.4 Å². The third kappa shape index (κ3) is 5.88. The van der Waals surface area contributed by atoms with Crippen molar-refractivity contribution in [1.82, 2.24) is 9.97 Å². The summed E-state index contributed by atoms with van der Waals surface area (Å²) in [4.78, 5) is 49.4. The maximum atomic E-state index is 13.4. The summed E-state index contributed by atoms with van der Waals surface area (Å²) in [6, 6.07) is 21.1. The molecule has 0 spiro atoms. The Balaban J connectivity index is 1.37. The quantitative estimate of drug-likeness (QED) is 0.309. The zero-order valence-corrected chi connectivity index (χ0v) is 22.3. The number of rotatable bonds is 9. The molecule has 0 saturated carbocycles. The van der Waals surface area contributed by atoms with Crippen molar-refractivity contribution in [3.63, 3.8) is 0 Å². The monoisotopic (exact) mass is 540 g/mol. The zero-order valence-electron chi connectivity index (χ0n) is 21.5. The minimum absolute atomic E-state index is 0.0960. The Morgan fingerprint density at radius 2 is 1.79 bits per heavy atom. The number of thiazole rings is 1. The van der Waals surface area contributed by atoms with E-state index in [9.17, 15) is 19.5 Å². The number of hydrogen-bond donors (Lipinski definition) is 1. The van der Waals surface area contributed by atoms with E-state index < -0.39 is 11.9 Å². The molecule has 1 atom stereocenters. The molecule has 0 radical (unpaired) electrons. The Morgan fingerprint density at radius 1 is 1.05 bits per heavy atom. The van der Waals surface area contributed by atoms with Gasteiger partial charge in [0, 0.05) is 42.7 Å². The molecule has 3 heterocycles. The zero-order chi connectivity index (χ0) is 27.4. The maximum absolute atomic E-state index is 13.4. The summed E-state index contributed by atoms with van der Waals surface area (Å²) in [5, 5.41) is 11.8. The van der Waals surface area contributed by atoms with E-state index >= 15 is 0 Å². The Bertz CT molecular complexity index is 1490. The standard InChI is InChI=1S/C30H28N4O4S/c1-33(29(38)22(17-28(36)37)16-20-8-3-2-4-9-20)30-32-25(19-39-30)24-11-6-5-10-23(24)21-13-14-26(31-18-21)34-15-7-12-27(34)35/h2-6,8-11,13-14,18-19,22H,7,12,15-17H2,1H3,(H,36,37)/t22-/m1/s1. The van der Waals surface area contributed by atoms with E-state index in [0.29, 0.717) is 36.0 Å². The van der Waals surface area contributed by atoms with Crippen LogP contribution < -0.4 is 9.80 Å². The second-order valence-corrected chi connectivity index (χ2v) is 10.3. The first-order chi connectivity index (χ1) is 18.9. The highest BCUT2D eigenvalue weighted by Gasteiger charge is 2.28. The number of carboxylic acids is 1. The molecule has 2 amide bonds. The number of anilines is 2. The summed E-state index contributed by atoms with van der Waals surface area (Å²) in [6.45, 7) is 0.689. The lowest BCUT2D eigenvalue weighted by Gasteiger charge is -2.21. The molecule has 1 saturated heterocycles. The van der Waals surface area contributed by atoms with Crippen LogP contribution in [0.1, 0.15) is 24.8 Å². The summed E-state index contributed by atoms with van der Waals surface area (Å²) < 4.78 is 0. The van der Waals surface area contributed by atoms with Crippen LogP contribution in [0.15, 0.2) is 78.3 Å². The first-order valence-corrected chi connectivity index (χ1v) is 13.6. The van der Waals surface area contributed by atoms with E-state index in [0.717, 1.165) is 28.7 Å². The van der Waals surface area contributed by atoms with Gasteiger partial charge in [-0.3, -0.25) is 24.2 Å². The smallest absolute Gasteiger partial charge is 0.304 e. The second-order valence-electron chi connectivity index (χ2n) is 9.50. The van der Waals surface area contributed by atoms with Crippen LogP contribution in [-0.2, 0) is 20.8 Å². The van der Waals surface area contributed by atoms with Crippen LogP contribution in [0.4, 0.5) is 10.9 Å². The van der Waals surface area contributed by atoms with Gasteiger partial charge in [0.1, 0.15) is 5.82 Å². The Morgan fingerprint density at radius 3 is 2.46 bits per heavy atom. The molecule has 39 heavy (non-hydrogen) atoms. The topological polar surface area (TPSA) is 104 Å². The number of hydrogen-bond acceptors (Lipinski definition) is 6.